The lowest BCUT2D eigenvalue weighted by Gasteiger charge is -2.42. The van der Waals surface area contributed by atoms with E-state index < -0.39 is 23.3 Å². The smallest absolute Gasteiger partial charge is 0.319 e. The summed E-state index contributed by atoms with van der Waals surface area (Å²) in [7, 11) is 0. The van der Waals surface area contributed by atoms with Gasteiger partial charge in [-0.2, -0.15) is 15.2 Å². The van der Waals surface area contributed by atoms with Gasteiger partial charge in [0.05, 0.1) is 53.0 Å². The number of nitrogen functional groups attached to an aromatic ring is 1. The molecule has 8 heterocycles. The molecular weight excluding hydrogens is 672 g/mol. The highest BCUT2D eigenvalue weighted by Crippen LogP contribution is 2.48. The number of hydrogen-bond donors (Lipinski definition) is 1. The van der Waals surface area contributed by atoms with Gasteiger partial charge in [0.15, 0.2) is 11.6 Å². The molecule has 2 unspecified atom stereocenters. The number of aromatic nitrogens is 3. The standard InChI is InChI=1S/C35H36F4N8O2S/c36-6-2-7-45-13-19-3-4-20(14-45)47(19)33-27-23-16-48-15-22(23)25(29-26-21(10-40)32(41)50-31(26)24(38)11-42-29)28(39)30(27)43-34(44-33)49-17-35-5-1-8-46(35)12-18(37)9-35/h11,18-20H,1-9,12-17,41H2/t18-,19?,20?,35+/m1/s1. The molecule has 1 aromatic carbocycles. The Balaban J connectivity index is 1.23. The van der Waals surface area contributed by atoms with E-state index in [-0.39, 0.29) is 82.0 Å². The maximum absolute atomic E-state index is 17.5. The number of alkyl halides is 2. The van der Waals surface area contributed by atoms with Crippen LogP contribution in [0.25, 0.3) is 32.2 Å². The Hall–Kier alpha value is -3.84. The lowest BCUT2D eigenvalue weighted by Crippen LogP contribution is -2.54. The average Bonchev–Trinajstić information content (AvgIpc) is 3.91. The van der Waals surface area contributed by atoms with E-state index in [1.165, 1.54) is 0 Å². The van der Waals surface area contributed by atoms with Crippen LogP contribution in [0.2, 0.25) is 0 Å². The summed E-state index contributed by atoms with van der Waals surface area (Å²) < 4.78 is 72.7. The van der Waals surface area contributed by atoms with Crippen molar-refractivity contribution in [3.8, 4) is 23.3 Å². The first-order chi connectivity index (χ1) is 24.3. The summed E-state index contributed by atoms with van der Waals surface area (Å²) in [6.07, 6.45) is 4.45. The maximum Gasteiger partial charge on any atom is 0.319 e. The minimum Gasteiger partial charge on any atom is -0.461 e. The Morgan fingerprint density at radius 1 is 1.12 bits per heavy atom. The molecule has 5 aliphatic heterocycles. The summed E-state index contributed by atoms with van der Waals surface area (Å²) in [4.78, 5) is 20.8. The van der Waals surface area contributed by atoms with E-state index in [0.29, 0.717) is 48.3 Å². The van der Waals surface area contributed by atoms with Crippen molar-refractivity contribution >= 4 is 43.1 Å². The van der Waals surface area contributed by atoms with Crippen LogP contribution in [0.5, 0.6) is 6.01 Å². The fourth-order valence-corrected chi connectivity index (χ4v) is 10.2. The van der Waals surface area contributed by atoms with Gasteiger partial charge in [0.2, 0.25) is 0 Å². The van der Waals surface area contributed by atoms with Crippen LogP contribution in [0.4, 0.5) is 28.4 Å². The summed E-state index contributed by atoms with van der Waals surface area (Å²) >= 11 is 0.922. The van der Waals surface area contributed by atoms with Crippen molar-refractivity contribution in [3.05, 3.63) is 34.5 Å². The predicted octanol–water partition coefficient (Wildman–Crippen LogP) is 5.64. The van der Waals surface area contributed by atoms with Crippen LogP contribution < -0.4 is 15.4 Å². The lowest BCUT2D eigenvalue weighted by atomic mass is 9.93. The molecule has 0 aliphatic carbocycles. The average molecular weight is 709 g/mol. The molecule has 5 aliphatic rings. The molecular formula is C35H36F4N8O2S. The molecule has 4 aromatic rings. The number of rotatable bonds is 8. The molecule has 0 spiro atoms. The molecule has 262 valence electrons. The van der Waals surface area contributed by atoms with Crippen LogP contribution >= 0.6 is 11.3 Å². The van der Waals surface area contributed by atoms with Gasteiger partial charge in [0, 0.05) is 55.6 Å². The number of pyridine rings is 1. The Morgan fingerprint density at radius 3 is 2.70 bits per heavy atom. The van der Waals surface area contributed by atoms with Crippen molar-refractivity contribution < 1.29 is 27.0 Å². The van der Waals surface area contributed by atoms with E-state index in [1.54, 1.807) is 0 Å². The van der Waals surface area contributed by atoms with Crippen molar-refractivity contribution in [2.45, 2.75) is 75.5 Å². The highest BCUT2D eigenvalue weighted by Gasteiger charge is 2.50. The van der Waals surface area contributed by atoms with Crippen LogP contribution in [0.15, 0.2) is 6.20 Å². The van der Waals surface area contributed by atoms with Crippen LogP contribution in [0, 0.1) is 23.0 Å². The highest BCUT2D eigenvalue weighted by molar-refractivity contribution is 7.23. The zero-order valence-electron chi connectivity index (χ0n) is 27.4. The number of nitriles is 1. The number of nitrogens with zero attached hydrogens (tertiary/aromatic N) is 7. The summed E-state index contributed by atoms with van der Waals surface area (Å²) in [5, 5.41) is 10.8. The maximum atomic E-state index is 17.5. The molecule has 4 fully saturated rings. The van der Waals surface area contributed by atoms with Gasteiger partial charge in [-0.25, -0.2) is 13.2 Å². The molecule has 2 bridgehead atoms. The predicted molar refractivity (Wildman–Crippen MR) is 181 cm³/mol. The van der Waals surface area contributed by atoms with Gasteiger partial charge in [0.1, 0.15) is 35.2 Å². The van der Waals surface area contributed by atoms with Crippen LogP contribution in [0.3, 0.4) is 0 Å². The lowest BCUT2D eigenvalue weighted by molar-refractivity contribution is 0.107. The second-order valence-electron chi connectivity index (χ2n) is 14.3. The summed E-state index contributed by atoms with van der Waals surface area (Å²) in [6.45, 7) is 3.32. The Labute approximate surface area is 289 Å². The fourth-order valence-electron chi connectivity index (χ4n) is 9.33. The summed E-state index contributed by atoms with van der Waals surface area (Å²) in [5.41, 5.74) is 7.13. The van der Waals surface area contributed by atoms with Gasteiger partial charge < -0.3 is 20.1 Å². The Kier molecular flexibility index (Phi) is 7.79. The molecule has 4 saturated heterocycles. The van der Waals surface area contributed by atoms with Crippen molar-refractivity contribution in [3.63, 3.8) is 0 Å². The monoisotopic (exact) mass is 708 g/mol. The molecule has 15 heteroatoms. The molecule has 4 atom stereocenters. The molecule has 0 saturated carbocycles. The van der Waals surface area contributed by atoms with Gasteiger partial charge in [-0.05, 0) is 49.8 Å². The quantitative estimate of drug-likeness (QED) is 0.231. The number of likely N-dealkylation sites (tertiary alicyclic amines) is 1. The number of fused-ring (bicyclic) bond motifs is 7. The molecule has 2 N–H and O–H groups in total. The molecule has 9 rings (SSSR count). The second-order valence-corrected chi connectivity index (χ2v) is 15.3. The third kappa shape index (κ3) is 4.86. The molecule has 3 aromatic heterocycles. The molecule has 0 radical (unpaired) electrons. The van der Waals surface area contributed by atoms with Crippen molar-refractivity contribution in [2.75, 3.05) is 56.6 Å². The van der Waals surface area contributed by atoms with Crippen molar-refractivity contribution in [1.82, 2.24) is 24.8 Å². The number of nitrogens with two attached hydrogens (primary N) is 1. The number of hydrogen-bond acceptors (Lipinski definition) is 11. The largest absolute Gasteiger partial charge is 0.461 e. The normalized spacial score (nSPS) is 26.3. The fraction of sp³-hybridized carbons (Fsp3) is 0.543. The molecule has 10 nitrogen and oxygen atoms in total. The summed E-state index contributed by atoms with van der Waals surface area (Å²) in [5.74, 6) is -0.800. The van der Waals surface area contributed by atoms with Crippen molar-refractivity contribution in [1.29, 1.82) is 5.26 Å². The van der Waals surface area contributed by atoms with E-state index in [9.17, 15) is 14.0 Å². The van der Waals surface area contributed by atoms with E-state index in [2.05, 4.69) is 25.8 Å². The first-order valence-corrected chi connectivity index (χ1v) is 18.1. The topological polar surface area (TPSA) is 117 Å². The van der Waals surface area contributed by atoms with Gasteiger partial charge >= 0.3 is 6.01 Å². The minimum absolute atomic E-state index is 0.00582. The highest BCUT2D eigenvalue weighted by atomic mass is 32.1. The van der Waals surface area contributed by atoms with Gasteiger partial charge in [-0.3, -0.25) is 19.2 Å². The van der Waals surface area contributed by atoms with Gasteiger partial charge in [-0.15, -0.1) is 11.3 Å². The zero-order chi connectivity index (χ0) is 34.3. The number of ether oxygens (including phenoxy) is 2. The van der Waals surface area contributed by atoms with Crippen LogP contribution in [0.1, 0.15) is 55.2 Å². The molecule has 50 heavy (non-hydrogen) atoms. The van der Waals surface area contributed by atoms with E-state index in [4.69, 9.17) is 25.2 Å². The Morgan fingerprint density at radius 2 is 1.92 bits per heavy atom. The van der Waals surface area contributed by atoms with E-state index in [0.717, 1.165) is 62.9 Å². The number of benzene rings is 1. The summed E-state index contributed by atoms with van der Waals surface area (Å²) in [6, 6.07) is 2.18. The van der Waals surface area contributed by atoms with E-state index in [1.807, 2.05) is 0 Å². The zero-order valence-corrected chi connectivity index (χ0v) is 28.2. The SMILES string of the molecule is N#Cc1c(N)sc2c(F)cnc(-c3c4c(c5c(N6C7CCC6CN(CCCF)C7)nc(OC[C@@]67CCCN6C[C@H](F)C7)nc5c3F)COC4)c12. The number of piperazine rings is 1. The van der Waals surface area contributed by atoms with Crippen LogP contribution in [-0.4, -0.2) is 94.6 Å². The Bertz CT molecular complexity index is 2060. The third-order valence-electron chi connectivity index (χ3n) is 11.4. The first kappa shape index (κ1) is 32.1. The molecule has 0 amide bonds. The van der Waals surface area contributed by atoms with Gasteiger partial charge in [-0.1, -0.05) is 0 Å². The van der Waals surface area contributed by atoms with Crippen molar-refractivity contribution in [2.24, 2.45) is 0 Å². The van der Waals surface area contributed by atoms with Gasteiger partial charge in [0.25, 0.3) is 0 Å². The van der Waals surface area contributed by atoms with E-state index >= 15 is 8.78 Å². The number of thiophene rings is 1. The van der Waals surface area contributed by atoms with Crippen LogP contribution in [-0.2, 0) is 18.0 Å². The first-order valence-electron chi connectivity index (χ1n) is 17.3. The third-order valence-corrected chi connectivity index (χ3v) is 12.5. The number of anilines is 2. The minimum atomic E-state index is -0.941. The second kappa shape index (κ2) is 12.1. The number of halogens is 4.